The molecule has 0 radical (unpaired) electrons. The molecule has 0 spiro atoms. The number of nitrogens with zero attached hydrogens (tertiary/aromatic N) is 3. The second-order valence-corrected chi connectivity index (χ2v) is 3.98. The van der Waals surface area contributed by atoms with Crippen molar-refractivity contribution >= 4 is 12.0 Å². The third-order valence-corrected chi connectivity index (χ3v) is 2.75. The highest BCUT2D eigenvalue weighted by molar-refractivity contribution is 5.82. The summed E-state index contributed by atoms with van der Waals surface area (Å²) in [5.74, 6) is -0.236. The first-order valence-corrected chi connectivity index (χ1v) is 5.93. The lowest BCUT2D eigenvalue weighted by Crippen LogP contribution is -2.54. The minimum Gasteiger partial charge on any atom is -0.450 e. The number of hydrogen-bond acceptors (Lipinski definition) is 5. The fourth-order valence-corrected chi connectivity index (χ4v) is 1.74. The van der Waals surface area contributed by atoms with Crippen LogP contribution in [0.15, 0.2) is 0 Å². The van der Waals surface area contributed by atoms with E-state index in [1.165, 1.54) is 0 Å². The van der Waals surface area contributed by atoms with Gasteiger partial charge in [-0.2, -0.15) is 5.26 Å². The van der Waals surface area contributed by atoms with Crippen molar-refractivity contribution in [2.75, 3.05) is 32.8 Å². The molecular formula is C11H18N4O3. The van der Waals surface area contributed by atoms with E-state index in [1.54, 1.807) is 16.7 Å². The van der Waals surface area contributed by atoms with Gasteiger partial charge in [-0.1, -0.05) is 0 Å². The second-order valence-electron chi connectivity index (χ2n) is 3.98. The molecule has 1 saturated heterocycles. The third-order valence-electron chi connectivity index (χ3n) is 2.75. The molecule has 0 unspecified atom stereocenters. The van der Waals surface area contributed by atoms with Crippen LogP contribution in [0.2, 0.25) is 0 Å². The first kappa shape index (κ1) is 14.3. The monoisotopic (exact) mass is 254 g/mol. The topological polar surface area (TPSA) is 99.7 Å². The Bertz CT molecular complexity index is 345. The first-order chi connectivity index (χ1) is 8.60. The average Bonchev–Trinajstić information content (AvgIpc) is 2.38. The minimum absolute atomic E-state index is 0.0108. The highest BCUT2D eigenvalue weighted by Gasteiger charge is 2.27. The van der Waals surface area contributed by atoms with Gasteiger partial charge in [0.2, 0.25) is 5.91 Å². The lowest BCUT2D eigenvalue weighted by atomic mass is 10.2. The summed E-state index contributed by atoms with van der Waals surface area (Å²) in [6.07, 6.45) is -0.345. The lowest BCUT2D eigenvalue weighted by molar-refractivity contribution is -0.134. The summed E-state index contributed by atoms with van der Waals surface area (Å²) in [6, 6.07) is 1.10. The summed E-state index contributed by atoms with van der Waals surface area (Å²) in [4.78, 5) is 26.4. The van der Waals surface area contributed by atoms with Crippen LogP contribution >= 0.6 is 0 Å². The molecule has 1 fully saturated rings. The van der Waals surface area contributed by atoms with Crippen LogP contribution in [0.1, 0.15) is 13.3 Å². The van der Waals surface area contributed by atoms with Crippen molar-refractivity contribution < 1.29 is 14.3 Å². The normalized spacial score (nSPS) is 16.9. The van der Waals surface area contributed by atoms with E-state index >= 15 is 0 Å². The molecule has 100 valence electrons. The van der Waals surface area contributed by atoms with E-state index in [1.807, 2.05) is 6.07 Å². The molecule has 0 aromatic rings. The molecule has 1 rings (SSSR count). The van der Waals surface area contributed by atoms with E-state index < -0.39 is 6.04 Å². The summed E-state index contributed by atoms with van der Waals surface area (Å²) in [7, 11) is 0. The molecule has 1 aliphatic heterocycles. The Morgan fingerprint density at radius 3 is 2.39 bits per heavy atom. The molecule has 1 heterocycles. The van der Waals surface area contributed by atoms with Gasteiger partial charge in [0, 0.05) is 26.2 Å². The molecular weight excluding hydrogens is 236 g/mol. The number of amides is 2. The number of nitrogens with two attached hydrogens (primary N) is 1. The van der Waals surface area contributed by atoms with Gasteiger partial charge in [0.15, 0.2) is 0 Å². The zero-order valence-electron chi connectivity index (χ0n) is 10.5. The van der Waals surface area contributed by atoms with Crippen molar-refractivity contribution in [3.8, 4) is 6.07 Å². The van der Waals surface area contributed by atoms with E-state index in [0.29, 0.717) is 32.8 Å². The Morgan fingerprint density at radius 2 is 1.89 bits per heavy atom. The minimum atomic E-state index is -0.774. The van der Waals surface area contributed by atoms with Gasteiger partial charge in [0.25, 0.3) is 0 Å². The van der Waals surface area contributed by atoms with E-state index in [-0.39, 0.29) is 18.4 Å². The maximum absolute atomic E-state index is 11.8. The fourth-order valence-electron chi connectivity index (χ4n) is 1.74. The maximum Gasteiger partial charge on any atom is 0.409 e. The van der Waals surface area contributed by atoms with Crippen molar-refractivity contribution in [2.45, 2.75) is 19.4 Å². The Kier molecular flexibility index (Phi) is 5.39. The van der Waals surface area contributed by atoms with Crippen LogP contribution in [0.5, 0.6) is 0 Å². The summed E-state index contributed by atoms with van der Waals surface area (Å²) >= 11 is 0. The molecule has 18 heavy (non-hydrogen) atoms. The average molecular weight is 254 g/mol. The molecule has 0 aromatic carbocycles. The van der Waals surface area contributed by atoms with Crippen molar-refractivity contribution in [1.82, 2.24) is 9.80 Å². The van der Waals surface area contributed by atoms with Gasteiger partial charge in [-0.15, -0.1) is 0 Å². The highest BCUT2D eigenvalue weighted by atomic mass is 16.6. The Labute approximate surface area is 106 Å². The second kappa shape index (κ2) is 6.81. The van der Waals surface area contributed by atoms with Gasteiger partial charge in [-0.05, 0) is 6.92 Å². The lowest BCUT2D eigenvalue weighted by Gasteiger charge is -2.34. The number of rotatable bonds is 3. The van der Waals surface area contributed by atoms with Crippen LogP contribution in [0.3, 0.4) is 0 Å². The molecule has 0 bridgehead atoms. The standard InChI is InChI=1S/C11H18N4O3/c1-2-18-11(17)15-7-5-14(6-8-15)10(16)9(13)3-4-12/h9H,2-3,5-8,13H2,1H3/t9-/m0/s1. The number of hydrogen-bond donors (Lipinski definition) is 1. The van der Waals surface area contributed by atoms with Crippen molar-refractivity contribution in [3.05, 3.63) is 0 Å². The quantitative estimate of drug-likeness (QED) is 0.733. The Hall–Kier alpha value is -1.81. The Morgan fingerprint density at radius 1 is 1.33 bits per heavy atom. The fraction of sp³-hybridized carbons (Fsp3) is 0.727. The Balaban J connectivity index is 2.42. The van der Waals surface area contributed by atoms with Gasteiger partial charge >= 0.3 is 6.09 Å². The van der Waals surface area contributed by atoms with Crippen molar-refractivity contribution in [2.24, 2.45) is 5.73 Å². The van der Waals surface area contributed by atoms with E-state index in [2.05, 4.69) is 0 Å². The van der Waals surface area contributed by atoms with Crippen LogP contribution in [0.25, 0.3) is 0 Å². The third kappa shape index (κ3) is 3.60. The summed E-state index contributed by atoms with van der Waals surface area (Å²) < 4.78 is 4.88. The maximum atomic E-state index is 11.8. The predicted molar refractivity (Wildman–Crippen MR) is 63.4 cm³/mol. The SMILES string of the molecule is CCOC(=O)N1CCN(C(=O)[C@@H](N)CC#N)CC1. The smallest absolute Gasteiger partial charge is 0.409 e. The number of piperazine rings is 1. The number of ether oxygens (including phenoxy) is 1. The molecule has 1 aliphatic rings. The largest absolute Gasteiger partial charge is 0.450 e. The van der Waals surface area contributed by atoms with Crippen molar-refractivity contribution in [1.29, 1.82) is 5.26 Å². The summed E-state index contributed by atoms with van der Waals surface area (Å²) in [6.45, 7) is 3.81. The van der Waals surface area contributed by atoms with Gasteiger partial charge in [-0.3, -0.25) is 4.79 Å². The summed E-state index contributed by atoms with van der Waals surface area (Å²) in [5, 5.41) is 8.49. The van der Waals surface area contributed by atoms with Gasteiger partial charge in [0.1, 0.15) is 0 Å². The molecule has 7 heteroatoms. The van der Waals surface area contributed by atoms with E-state index in [0.717, 1.165) is 0 Å². The number of carbonyl (C=O) groups is 2. The molecule has 2 N–H and O–H groups in total. The van der Waals surface area contributed by atoms with Crippen LogP contribution in [0.4, 0.5) is 4.79 Å². The zero-order valence-corrected chi connectivity index (χ0v) is 10.5. The number of nitriles is 1. The molecule has 0 aliphatic carbocycles. The molecule has 7 nitrogen and oxygen atoms in total. The molecule has 2 amide bonds. The van der Waals surface area contributed by atoms with Crippen LogP contribution < -0.4 is 5.73 Å². The number of carbonyl (C=O) groups excluding carboxylic acids is 2. The van der Waals surface area contributed by atoms with Gasteiger partial charge in [-0.25, -0.2) is 4.79 Å². The van der Waals surface area contributed by atoms with Crippen LogP contribution in [0, 0.1) is 11.3 Å². The zero-order chi connectivity index (χ0) is 13.5. The highest BCUT2D eigenvalue weighted by Crippen LogP contribution is 2.06. The van der Waals surface area contributed by atoms with Gasteiger partial charge in [0.05, 0.1) is 25.1 Å². The first-order valence-electron chi connectivity index (χ1n) is 5.93. The van der Waals surface area contributed by atoms with Gasteiger partial charge < -0.3 is 20.3 Å². The predicted octanol–water partition coefficient (Wildman–Crippen LogP) is -0.472. The molecule has 0 aromatic heterocycles. The summed E-state index contributed by atoms with van der Waals surface area (Å²) in [5.41, 5.74) is 5.58. The molecule has 1 atom stereocenters. The van der Waals surface area contributed by atoms with E-state index in [4.69, 9.17) is 15.7 Å². The van der Waals surface area contributed by atoms with E-state index in [9.17, 15) is 9.59 Å². The molecule has 0 saturated carbocycles. The van der Waals surface area contributed by atoms with Crippen LogP contribution in [-0.2, 0) is 9.53 Å². The van der Waals surface area contributed by atoms with Crippen molar-refractivity contribution in [3.63, 3.8) is 0 Å². The van der Waals surface area contributed by atoms with Crippen LogP contribution in [-0.4, -0.2) is 60.6 Å².